The number of anilines is 2. The van der Waals surface area contributed by atoms with Crippen LogP contribution in [0.1, 0.15) is 17.1 Å². The van der Waals surface area contributed by atoms with Gasteiger partial charge in [0.25, 0.3) is 5.78 Å². The summed E-state index contributed by atoms with van der Waals surface area (Å²) in [5, 5.41) is 8.47. The SMILES string of the molecule is Cc1nnc2nc(N3CCOCc4c(Br)cccc43)c3ccc(C(F)(F)F)nc3n12. The number of aryl methyl sites for hydroxylation is 1. The van der Waals surface area contributed by atoms with E-state index in [0.717, 1.165) is 21.8 Å². The Labute approximate surface area is 176 Å². The summed E-state index contributed by atoms with van der Waals surface area (Å²) in [6, 6.07) is 8.10. The Bertz CT molecular complexity index is 1290. The second-order valence-corrected chi connectivity index (χ2v) is 7.68. The van der Waals surface area contributed by atoms with Crippen LogP contribution >= 0.6 is 15.9 Å². The number of halogens is 4. The lowest BCUT2D eigenvalue weighted by Gasteiger charge is -2.25. The molecule has 30 heavy (non-hydrogen) atoms. The van der Waals surface area contributed by atoms with E-state index in [0.29, 0.717) is 36.8 Å². The van der Waals surface area contributed by atoms with Crippen molar-refractivity contribution in [2.24, 2.45) is 0 Å². The van der Waals surface area contributed by atoms with Gasteiger partial charge in [0, 0.05) is 22.3 Å². The van der Waals surface area contributed by atoms with Gasteiger partial charge in [-0.1, -0.05) is 22.0 Å². The highest BCUT2D eigenvalue weighted by molar-refractivity contribution is 9.10. The quantitative estimate of drug-likeness (QED) is 0.403. The molecule has 0 amide bonds. The second-order valence-electron chi connectivity index (χ2n) is 6.83. The molecule has 3 aromatic heterocycles. The van der Waals surface area contributed by atoms with Gasteiger partial charge in [-0.25, -0.2) is 9.38 Å². The van der Waals surface area contributed by atoms with Gasteiger partial charge in [0.05, 0.1) is 18.6 Å². The molecular weight excluding hydrogens is 465 g/mol. The molecule has 154 valence electrons. The van der Waals surface area contributed by atoms with Crippen LogP contribution in [-0.2, 0) is 17.5 Å². The third kappa shape index (κ3) is 3.00. The van der Waals surface area contributed by atoms with Gasteiger partial charge in [0.15, 0.2) is 5.65 Å². The minimum absolute atomic E-state index is 0.106. The minimum atomic E-state index is -4.57. The molecule has 7 nitrogen and oxygen atoms in total. The smallest absolute Gasteiger partial charge is 0.375 e. The van der Waals surface area contributed by atoms with E-state index in [-0.39, 0.29) is 11.4 Å². The summed E-state index contributed by atoms with van der Waals surface area (Å²) >= 11 is 3.55. The molecule has 0 unspecified atom stereocenters. The topological polar surface area (TPSA) is 68.4 Å². The molecule has 0 spiro atoms. The monoisotopic (exact) mass is 478 g/mol. The second kappa shape index (κ2) is 6.88. The fourth-order valence-electron chi connectivity index (χ4n) is 3.60. The van der Waals surface area contributed by atoms with Gasteiger partial charge in [-0.3, -0.25) is 0 Å². The summed E-state index contributed by atoms with van der Waals surface area (Å²) in [5.41, 5.74) is 0.913. The van der Waals surface area contributed by atoms with Crippen molar-refractivity contribution in [2.45, 2.75) is 19.7 Å². The van der Waals surface area contributed by atoms with Gasteiger partial charge in [0.2, 0.25) is 0 Å². The molecule has 1 aliphatic rings. The first kappa shape index (κ1) is 19.2. The predicted octanol–water partition coefficient (Wildman–Crippen LogP) is 4.43. The molecule has 1 aromatic carbocycles. The number of rotatable bonds is 1. The average Bonchev–Trinajstić information content (AvgIpc) is 2.94. The summed E-state index contributed by atoms with van der Waals surface area (Å²) < 4.78 is 48.1. The maximum absolute atomic E-state index is 13.3. The number of hydrogen-bond donors (Lipinski definition) is 0. The van der Waals surface area contributed by atoms with E-state index in [1.807, 2.05) is 23.1 Å². The standard InChI is InChI=1S/C19H14BrF3N6O/c1-10-26-27-18-25-16(11-5-6-15(19(21,22)23)24-17(11)29(10)18)28-7-8-30-9-12-13(20)3-2-4-14(12)28/h2-6H,7-9H2,1H3. The first-order valence-corrected chi connectivity index (χ1v) is 9.86. The predicted molar refractivity (Wildman–Crippen MR) is 107 cm³/mol. The zero-order valence-corrected chi connectivity index (χ0v) is 17.2. The summed E-state index contributed by atoms with van der Waals surface area (Å²) in [6.07, 6.45) is -4.57. The van der Waals surface area contributed by atoms with E-state index in [1.54, 1.807) is 6.92 Å². The van der Waals surface area contributed by atoms with Crippen LogP contribution in [0.4, 0.5) is 24.7 Å². The molecule has 0 atom stereocenters. The Hall–Kier alpha value is -2.79. The lowest BCUT2D eigenvalue weighted by atomic mass is 10.1. The third-order valence-corrected chi connectivity index (χ3v) is 5.72. The summed E-state index contributed by atoms with van der Waals surface area (Å²) in [4.78, 5) is 10.5. The molecule has 11 heteroatoms. The van der Waals surface area contributed by atoms with Gasteiger partial charge in [-0.05, 0) is 31.2 Å². The van der Waals surface area contributed by atoms with Gasteiger partial charge >= 0.3 is 6.18 Å². The Morgan fingerprint density at radius 2 is 1.93 bits per heavy atom. The highest BCUT2D eigenvalue weighted by Crippen LogP contribution is 2.38. The molecule has 4 aromatic rings. The Balaban J connectivity index is 1.83. The highest BCUT2D eigenvalue weighted by atomic mass is 79.9. The largest absolute Gasteiger partial charge is 0.433 e. The van der Waals surface area contributed by atoms with Crippen molar-refractivity contribution in [3.8, 4) is 0 Å². The zero-order valence-electron chi connectivity index (χ0n) is 15.6. The molecule has 0 fully saturated rings. The fourth-order valence-corrected chi connectivity index (χ4v) is 4.07. The molecular formula is C19H14BrF3N6O. The van der Waals surface area contributed by atoms with E-state index in [2.05, 4.69) is 36.1 Å². The number of ether oxygens (including phenoxy) is 1. The van der Waals surface area contributed by atoms with Crippen molar-refractivity contribution in [3.05, 3.63) is 51.9 Å². The Kier molecular flexibility index (Phi) is 4.40. The molecule has 0 N–H and O–H groups in total. The van der Waals surface area contributed by atoms with Crippen LogP contribution in [0.3, 0.4) is 0 Å². The van der Waals surface area contributed by atoms with Gasteiger partial charge in [-0.2, -0.15) is 18.2 Å². The van der Waals surface area contributed by atoms with Crippen LogP contribution in [0, 0.1) is 6.92 Å². The number of aromatic nitrogens is 5. The lowest BCUT2D eigenvalue weighted by molar-refractivity contribution is -0.141. The number of hydrogen-bond acceptors (Lipinski definition) is 6. The van der Waals surface area contributed by atoms with Crippen LogP contribution in [0.5, 0.6) is 0 Å². The van der Waals surface area contributed by atoms with Crippen molar-refractivity contribution in [3.63, 3.8) is 0 Å². The van der Waals surface area contributed by atoms with Crippen LogP contribution in [0.2, 0.25) is 0 Å². The van der Waals surface area contributed by atoms with Gasteiger partial charge in [-0.15, -0.1) is 10.2 Å². The fraction of sp³-hybridized carbons (Fsp3) is 0.263. The molecule has 5 rings (SSSR count). The number of pyridine rings is 1. The van der Waals surface area contributed by atoms with E-state index >= 15 is 0 Å². The Morgan fingerprint density at radius 1 is 1.10 bits per heavy atom. The van der Waals surface area contributed by atoms with E-state index in [9.17, 15) is 13.2 Å². The maximum Gasteiger partial charge on any atom is 0.433 e. The molecule has 0 aliphatic carbocycles. The number of fused-ring (bicyclic) bond motifs is 4. The lowest BCUT2D eigenvalue weighted by Crippen LogP contribution is -2.23. The molecule has 0 saturated heterocycles. The molecule has 0 saturated carbocycles. The molecule has 1 aliphatic heterocycles. The average molecular weight is 479 g/mol. The summed E-state index contributed by atoms with van der Waals surface area (Å²) in [5.74, 6) is 1.04. The normalized spacial score (nSPS) is 14.9. The van der Waals surface area contributed by atoms with Crippen molar-refractivity contribution < 1.29 is 17.9 Å². The van der Waals surface area contributed by atoms with Crippen LogP contribution in [-0.4, -0.2) is 37.7 Å². The van der Waals surface area contributed by atoms with Crippen LogP contribution < -0.4 is 4.90 Å². The van der Waals surface area contributed by atoms with E-state index in [4.69, 9.17) is 4.74 Å². The maximum atomic E-state index is 13.3. The first-order valence-electron chi connectivity index (χ1n) is 9.07. The van der Waals surface area contributed by atoms with Crippen molar-refractivity contribution in [1.29, 1.82) is 0 Å². The number of nitrogens with zero attached hydrogens (tertiary/aromatic N) is 6. The van der Waals surface area contributed by atoms with Crippen molar-refractivity contribution in [2.75, 3.05) is 18.1 Å². The zero-order chi connectivity index (χ0) is 21.0. The van der Waals surface area contributed by atoms with Crippen LogP contribution in [0.15, 0.2) is 34.8 Å². The molecule has 0 bridgehead atoms. The molecule has 0 radical (unpaired) electrons. The number of benzene rings is 1. The number of alkyl halides is 3. The van der Waals surface area contributed by atoms with Crippen molar-refractivity contribution >= 4 is 44.2 Å². The summed E-state index contributed by atoms with van der Waals surface area (Å²) in [6.45, 7) is 2.95. The van der Waals surface area contributed by atoms with Crippen molar-refractivity contribution in [1.82, 2.24) is 24.6 Å². The highest BCUT2D eigenvalue weighted by Gasteiger charge is 2.33. The van der Waals surface area contributed by atoms with Gasteiger partial charge in [0.1, 0.15) is 17.3 Å². The van der Waals surface area contributed by atoms with E-state index in [1.165, 1.54) is 10.5 Å². The van der Waals surface area contributed by atoms with Crippen LogP contribution in [0.25, 0.3) is 16.8 Å². The Morgan fingerprint density at radius 3 is 2.73 bits per heavy atom. The molecule has 4 heterocycles. The van der Waals surface area contributed by atoms with E-state index < -0.39 is 11.9 Å². The minimum Gasteiger partial charge on any atom is -0.375 e. The first-order chi connectivity index (χ1) is 14.3. The third-order valence-electron chi connectivity index (χ3n) is 4.98. The summed E-state index contributed by atoms with van der Waals surface area (Å²) in [7, 11) is 0. The van der Waals surface area contributed by atoms with Gasteiger partial charge < -0.3 is 9.64 Å².